The summed E-state index contributed by atoms with van der Waals surface area (Å²) in [5.41, 5.74) is -2.55. The summed E-state index contributed by atoms with van der Waals surface area (Å²) in [6.45, 7) is 0. The summed E-state index contributed by atoms with van der Waals surface area (Å²) >= 11 is 6.68. The Balaban J connectivity index is 1.87. The zero-order chi connectivity index (χ0) is 28.1. The van der Waals surface area contributed by atoms with E-state index in [1.165, 1.54) is 30.3 Å². The zero-order valence-corrected chi connectivity index (χ0v) is 23.3. The van der Waals surface area contributed by atoms with E-state index in [9.17, 15) is 27.6 Å². The van der Waals surface area contributed by atoms with Crippen LogP contribution in [0.3, 0.4) is 0 Å². The van der Waals surface area contributed by atoms with Crippen molar-refractivity contribution in [3.63, 3.8) is 0 Å². The molecule has 0 spiro atoms. The predicted octanol–water partition coefficient (Wildman–Crippen LogP) is 5.75. The first-order valence-electron chi connectivity index (χ1n) is 11.1. The summed E-state index contributed by atoms with van der Waals surface area (Å²) in [6, 6.07) is 16.3. The largest absolute Gasteiger partial charge is 0.467 e. The van der Waals surface area contributed by atoms with Gasteiger partial charge in [0.2, 0.25) is 0 Å². The molecule has 3 rings (SSSR count). The van der Waals surface area contributed by atoms with Gasteiger partial charge in [-0.25, -0.2) is 4.79 Å². The van der Waals surface area contributed by atoms with Gasteiger partial charge in [-0.05, 0) is 23.8 Å². The summed E-state index contributed by atoms with van der Waals surface area (Å²) in [5.74, 6) is -2.78. The molecule has 0 fully saturated rings. The molecule has 200 valence electrons. The fraction of sp³-hybridized carbons (Fsp3) is 0.222. The number of hydrogen-bond acceptors (Lipinski definition) is 5. The fourth-order valence-corrected chi connectivity index (χ4v) is 4.66. The number of rotatable bonds is 9. The number of carbonyl (C=O) groups is 3. The molecule has 0 aliphatic rings. The van der Waals surface area contributed by atoms with Crippen molar-refractivity contribution in [2.45, 2.75) is 24.2 Å². The number of halogens is 5. The average Bonchev–Trinajstić information content (AvgIpc) is 2.89. The van der Waals surface area contributed by atoms with Crippen molar-refractivity contribution in [3.05, 3.63) is 104 Å². The minimum Gasteiger partial charge on any atom is -0.467 e. The maximum atomic E-state index is 14.2. The average molecular weight is 657 g/mol. The summed E-state index contributed by atoms with van der Waals surface area (Å²) < 4.78 is 53.6. The molecule has 11 heteroatoms. The molecule has 3 aromatic carbocycles. The van der Waals surface area contributed by atoms with E-state index in [1.807, 2.05) is 0 Å². The molecule has 0 bridgehead atoms. The highest BCUT2D eigenvalue weighted by Crippen LogP contribution is 2.42. The Bertz CT molecular complexity index is 1320. The minimum atomic E-state index is -5.14. The normalized spacial score (nSPS) is 13.8. The van der Waals surface area contributed by atoms with Gasteiger partial charge in [-0.1, -0.05) is 86.5 Å². The molecule has 0 unspecified atom stereocenters. The number of alkyl halides is 3. The van der Waals surface area contributed by atoms with Crippen molar-refractivity contribution in [3.8, 4) is 0 Å². The molecule has 2 atom stereocenters. The highest BCUT2D eigenvalue weighted by Gasteiger charge is 2.63. The molecule has 0 radical (unpaired) electrons. The number of amides is 1. The van der Waals surface area contributed by atoms with Crippen LogP contribution >= 0.6 is 31.9 Å². The maximum Gasteiger partial charge on any atom is 0.430 e. The topological polar surface area (TPSA) is 81.7 Å². The van der Waals surface area contributed by atoms with Crippen LogP contribution in [0.4, 0.5) is 13.2 Å². The number of nitrogens with one attached hydrogen (secondary N) is 1. The molecular formula is C27H22Br2F3NO5. The van der Waals surface area contributed by atoms with Crippen LogP contribution in [-0.4, -0.2) is 44.1 Å². The third-order valence-corrected chi connectivity index (χ3v) is 7.01. The molecule has 0 aliphatic heterocycles. The van der Waals surface area contributed by atoms with E-state index in [-0.39, 0.29) is 12.2 Å². The van der Waals surface area contributed by atoms with E-state index in [1.54, 1.807) is 30.3 Å². The van der Waals surface area contributed by atoms with Gasteiger partial charge in [0.1, 0.15) is 6.04 Å². The first-order valence-corrected chi connectivity index (χ1v) is 12.7. The van der Waals surface area contributed by atoms with Gasteiger partial charge in [-0.3, -0.25) is 9.59 Å². The molecule has 6 nitrogen and oxygen atoms in total. The summed E-state index contributed by atoms with van der Waals surface area (Å²) in [7, 11) is 1.83. The highest BCUT2D eigenvalue weighted by molar-refractivity contribution is 9.11. The van der Waals surface area contributed by atoms with Crippen molar-refractivity contribution >= 4 is 49.5 Å². The maximum absolute atomic E-state index is 14.2. The van der Waals surface area contributed by atoms with Crippen molar-refractivity contribution in [2.24, 2.45) is 0 Å². The Morgan fingerprint density at radius 3 is 2.11 bits per heavy atom. The number of methoxy groups -OCH3 is 2. The molecule has 3 aromatic rings. The Kier molecular flexibility index (Phi) is 9.50. The number of benzene rings is 3. The van der Waals surface area contributed by atoms with Crippen molar-refractivity contribution in [1.82, 2.24) is 5.32 Å². The number of esters is 1. The van der Waals surface area contributed by atoms with E-state index < -0.39 is 35.3 Å². The number of ether oxygens (including phenoxy) is 2. The standard InChI is InChI=1S/C27H22Br2F3NO5/c1-37-24(35)22(33-25(36)26(38-2,27(30,31)32)18-6-4-3-5-7-18)14-16-8-10-17(11-9-16)23(34)20-15-19(28)12-13-21(20)29/h3-13,15,22H,14H2,1-2H3,(H,33,36)/t22-,26+/m0/s1. The van der Waals surface area contributed by atoms with Crippen molar-refractivity contribution in [2.75, 3.05) is 14.2 Å². The van der Waals surface area contributed by atoms with Crippen molar-refractivity contribution < 1.29 is 37.0 Å². The van der Waals surface area contributed by atoms with Gasteiger partial charge >= 0.3 is 12.1 Å². The fourth-order valence-electron chi connectivity index (χ4n) is 3.87. The number of hydrogen-bond donors (Lipinski definition) is 1. The molecule has 0 aliphatic carbocycles. The second kappa shape index (κ2) is 12.2. The van der Waals surface area contributed by atoms with Gasteiger partial charge in [0, 0.05) is 39.2 Å². The van der Waals surface area contributed by atoms with Crippen LogP contribution in [0.1, 0.15) is 27.0 Å². The zero-order valence-electron chi connectivity index (χ0n) is 20.1. The molecule has 38 heavy (non-hydrogen) atoms. The lowest BCUT2D eigenvalue weighted by molar-refractivity contribution is -0.266. The van der Waals surface area contributed by atoms with Crippen LogP contribution in [0.25, 0.3) is 0 Å². The molecule has 0 aromatic heterocycles. The van der Waals surface area contributed by atoms with Crippen LogP contribution in [0.2, 0.25) is 0 Å². The third-order valence-electron chi connectivity index (χ3n) is 5.83. The SMILES string of the molecule is COC(=O)[C@H](Cc1ccc(C(=O)c2cc(Br)ccc2Br)cc1)NC(=O)[C@](OC)(c1ccccc1)C(F)(F)F. The first-order chi connectivity index (χ1) is 17.9. The summed E-state index contributed by atoms with van der Waals surface area (Å²) in [4.78, 5) is 38.5. The second-order valence-corrected chi connectivity index (χ2v) is 9.92. The van der Waals surface area contributed by atoms with Gasteiger partial charge < -0.3 is 14.8 Å². The first kappa shape index (κ1) is 29.5. The molecular weight excluding hydrogens is 635 g/mol. The number of ketones is 1. The quantitative estimate of drug-likeness (QED) is 0.235. The number of carbonyl (C=O) groups excluding carboxylic acids is 3. The highest BCUT2D eigenvalue weighted by atomic mass is 79.9. The van der Waals surface area contributed by atoms with Crippen molar-refractivity contribution in [1.29, 1.82) is 0 Å². The molecule has 0 saturated carbocycles. The lowest BCUT2D eigenvalue weighted by Gasteiger charge is -2.34. The minimum absolute atomic E-state index is 0.195. The lowest BCUT2D eigenvalue weighted by atomic mass is 9.91. The summed E-state index contributed by atoms with van der Waals surface area (Å²) in [5, 5.41) is 2.15. The Morgan fingerprint density at radius 1 is 0.921 bits per heavy atom. The van der Waals surface area contributed by atoms with Gasteiger partial charge in [0.15, 0.2) is 5.78 Å². The van der Waals surface area contributed by atoms with Gasteiger partial charge in [0.25, 0.3) is 11.5 Å². The van der Waals surface area contributed by atoms with E-state index in [0.717, 1.165) is 30.8 Å². The predicted molar refractivity (Wildman–Crippen MR) is 141 cm³/mol. The van der Waals surface area contributed by atoms with E-state index in [2.05, 4.69) is 37.2 Å². The Hall–Kier alpha value is -3.02. The molecule has 1 amide bonds. The van der Waals surface area contributed by atoms with E-state index >= 15 is 0 Å². The van der Waals surface area contributed by atoms with Crippen LogP contribution in [0.15, 0.2) is 81.7 Å². The third kappa shape index (κ3) is 6.16. The van der Waals surface area contributed by atoms with Crippen LogP contribution < -0.4 is 5.32 Å². The van der Waals surface area contributed by atoms with Crippen LogP contribution in [0, 0.1) is 0 Å². The van der Waals surface area contributed by atoms with E-state index in [4.69, 9.17) is 9.47 Å². The second-order valence-electron chi connectivity index (χ2n) is 8.15. The van der Waals surface area contributed by atoms with Crippen LogP contribution in [0.5, 0.6) is 0 Å². The summed E-state index contributed by atoms with van der Waals surface area (Å²) in [6.07, 6.45) is -5.34. The monoisotopic (exact) mass is 655 g/mol. The smallest absolute Gasteiger partial charge is 0.430 e. The Morgan fingerprint density at radius 2 is 1.55 bits per heavy atom. The molecule has 0 saturated heterocycles. The molecule has 1 N–H and O–H groups in total. The van der Waals surface area contributed by atoms with Crippen LogP contribution in [-0.2, 0) is 31.1 Å². The van der Waals surface area contributed by atoms with Gasteiger partial charge in [-0.2, -0.15) is 13.2 Å². The Labute approximate surface area is 233 Å². The van der Waals surface area contributed by atoms with E-state index in [0.29, 0.717) is 21.2 Å². The van der Waals surface area contributed by atoms with Gasteiger partial charge in [0.05, 0.1) is 7.11 Å². The van der Waals surface area contributed by atoms with Gasteiger partial charge in [-0.15, -0.1) is 0 Å². The lowest BCUT2D eigenvalue weighted by Crippen LogP contribution is -2.59. The molecule has 0 heterocycles.